The van der Waals surface area contributed by atoms with Crippen LogP contribution < -0.4 is 10.6 Å². The standard InChI is InChI=1S/C15H30N2O2.ClH/c1-12(2)9-13(5-8-18)10-17-14(19)15(3)6-4-7-16-11-15;/h12-13,16,18H,4-11H2,1-3H3,(H,17,19);1H. The van der Waals surface area contributed by atoms with Gasteiger partial charge in [0.05, 0.1) is 5.41 Å². The van der Waals surface area contributed by atoms with Gasteiger partial charge in [-0.05, 0) is 51.0 Å². The van der Waals surface area contributed by atoms with Crippen molar-refractivity contribution in [3.63, 3.8) is 0 Å². The van der Waals surface area contributed by atoms with E-state index < -0.39 is 0 Å². The molecule has 1 fully saturated rings. The van der Waals surface area contributed by atoms with Crippen LogP contribution >= 0.6 is 12.4 Å². The molecule has 0 aliphatic carbocycles. The van der Waals surface area contributed by atoms with E-state index in [4.69, 9.17) is 5.11 Å². The van der Waals surface area contributed by atoms with Crippen molar-refractivity contribution in [2.45, 2.75) is 46.5 Å². The van der Waals surface area contributed by atoms with Crippen molar-refractivity contribution >= 4 is 18.3 Å². The van der Waals surface area contributed by atoms with Crippen molar-refractivity contribution in [3.05, 3.63) is 0 Å². The first-order chi connectivity index (χ1) is 8.98. The van der Waals surface area contributed by atoms with Crippen molar-refractivity contribution in [3.8, 4) is 0 Å². The third kappa shape index (κ3) is 6.42. The molecule has 1 amide bonds. The van der Waals surface area contributed by atoms with E-state index in [0.29, 0.717) is 18.4 Å². The summed E-state index contributed by atoms with van der Waals surface area (Å²) < 4.78 is 0. The predicted molar refractivity (Wildman–Crippen MR) is 85.1 cm³/mol. The van der Waals surface area contributed by atoms with Crippen LogP contribution in [0.25, 0.3) is 0 Å². The number of nitrogens with one attached hydrogen (secondary N) is 2. The fourth-order valence-corrected chi connectivity index (χ4v) is 2.85. The van der Waals surface area contributed by atoms with Crippen LogP contribution in [-0.4, -0.2) is 37.3 Å². The molecule has 1 heterocycles. The molecule has 2 unspecified atom stereocenters. The topological polar surface area (TPSA) is 61.4 Å². The molecule has 0 bridgehead atoms. The van der Waals surface area contributed by atoms with Gasteiger partial charge in [-0.3, -0.25) is 4.79 Å². The minimum Gasteiger partial charge on any atom is -0.396 e. The highest BCUT2D eigenvalue weighted by atomic mass is 35.5. The molecular formula is C15H31ClN2O2. The number of amides is 1. The summed E-state index contributed by atoms with van der Waals surface area (Å²) in [5.74, 6) is 1.14. The Hall–Kier alpha value is -0.320. The summed E-state index contributed by atoms with van der Waals surface area (Å²) >= 11 is 0. The number of hydrogen-bond donors (Lipinski definition) is 3. The first-order valence-corrected chi connectivity index (χ1v) is 7.58. The zero-order valence-electron chi connectivity index (χ0n) is 13.1. The van der Waals surface area contributed by atoms with Crippen LogP contribution in [0.1, 0.15) is 46.5 Å². The lowest BCUT2D eigenvalue weighted by Crippen LogP contribution is -2.49. The Balaban J connectivity index is 0.00000361. The predicted octanol–water partition coefficient (Wildman–Crippen LogP) is 1.96. The van der Waals surface area contributed by atoms with E-state index in [1.54, 1.807) is 0 Å². The Morgan fingerprint density at radius 1 is 1.45 bits per heavy atom. The molecule has 1 aliphatic heterocycles. The highest BCUT2D eigenvalue weighted by molar-refractivity contribution is 5.85. The summed E-state index contributed by atoms with van der Waals surface area (Å²) in [6, 6.07) is 0. The number of hydrogen-bond acceptors (Lipinski definition) is 3. The number of rotatable bonds is 7. The molecule has 2 atom stereocenters. The van der Waals surface area contributed by atoms with Crippen LogP contribution in [0, 0.1) is 17.3 Å². The summed E-state index contributed by atoms with van der Waals surface area (Å²) in [4.78, 5) is 12.3. The average molecular weight is 307 g/mol. The van der Waals surface area contributed by atoms with E-state index in [9.17, 15) is 4.79 Å². The van der Waals surface area contributed by atoms with Gasteiger partial charge in [-0.1, -0.05) is 13.8 Å². The molecule has 0 aromatic rings. The molecule has 1 rings (SSSR count). The third-order valence-electron chi connectivity index (χ3n) is 4.04. The van der Waals surface area contributed by atoms with Gasteiger partial charge >= 0.3 is 0 Å². The Morgan fingerprint density at radius 3 is 2.65 bits per heavy atom. The third-order valence-corrected chi connectivity index (χ3v) is 4.04. The van der Waals surface area contributed by atoms with Crippen LogP contribution in [0.4, 0.5) is 0 Å². The summed E-state index contributed by atoms with van der Waals surface area (Å²) in [5, 5.41) is 15.5. The van der Waals surface area contributed by atoms with E-state index >= 15 is 0 Å². The van der Waals surface area contributed by atoms with Crippen LogP contribution in [0.5, 0.6) is 0 Å². The monoisotopic (exact) mass is 306 g/mol. The molecule has 0 aromatic carbocycles. The number of piperidine rings is 1. The van der Waals surface area contributed by atoms with Crippen molar-refractivity contribution in [1.82, 2.24) is 10.6 Å². The summed E-state index contributed by atoms with van der Waals surface area (Å²) in [5.41, 5.74) is -0.264. The second-order valence-corrected chi connectivity index (χ2v) is 6.56. The van der Waals surface area contributed by atoms with Gasteiger partial charge in [-0.15, -0.1) is 12.4 Å². The molecule has 120 valence electrons. The van der Waals surface area contributed by atoms with E-state index in [1.807, 2.05) is 6.92 Å². The molecule has 1 saturated heterocycles. The van der Waals surface area contributed by atoms with Gasteiger partial charge in [0, 0.05) is 19.7 Å². The van der Waals surface area contributed by atoms with Gasteiger partial charge in [0.1, 0.15) is 0 Å². The van der Waals surface area contributed by atoms with Crippen molar-refractivity contribution in [2.24, 2.45) is 17.3 Å². The van der Waals surface area contributed by atoms with Crippen molar-refractivity contribution in [2.75, 3.05) is 26.2 Å². The van der Waals surface area contributed by atoms with Gasteiger partial charge in [0.25, 0.3) is 0 Å². The summed E-state index contributed by atoms with van der Waals surface area (Å²) in [6.07, 6.45) is 3.85. The maximum atomic E-state index is 12.3. The summed E-state index contributed by atoms with van der Waals surface area (Å²) in [6.45, 7) is 9.07. The molecule has 3 N–H and O–H groups in total. The molecule has 0 spiro atoms. The number of carbonyl (C=O) groups excluding carboxylic acids is 1. The molecule has 0 radical (unpaired) electrons. The molecule has 1 aliphatic rings. The maximum absolute atomic E-state index is 12.3. The highest BCUT2D eigenvalue weighted by Crippen LogP contribution is 2.25. The Kier molecular flexibility index (Phi) is 9.43. The highest BCUT2D eigenvalue weighted by Gasteiger charge is 2.34. The molecule has 0 saturated carbocycles. The van der Waals surface area contributed by atoms with Gasteiger partial charge in [0.2, 0.25) is 5.91 Å². The maximum Gasteiger partial charge on any atom is 0.227 e. The van der Waals surface area contributed by atoms with Gasteiger partial charge in [0.15, 0.2) is 0 Å². The van der Waals surface area contributed by atoms with E-state index in [2.05, 4.69) is 24.5 Å². The first-order valence-electron chi connectivity index (χ1n) is 7.58. The SMILES string of the molecule is CC(C)CC(CCO)CNC(=O)C1(C)CCCNC1.Cl. The minimum atomic E-state index is -0.264. The zero-order valence-corrected chi connectivity index (χ0v) is 13.9. The average Bonchev–Trinajstić information content (AvgIpc) is 2.36. The van der Waals surface area contributed by atoms with E-state index in [1.165, 1.54) is 0 Å². The lowest BCUT2D eigenvalue weighted by atomic mass is 9.81. The normalized spacial score (nSPS) is 24.1. The molecule has 0 aromatic heterocycles. The van der Waals surface area contributed by atoms with E-state index in [-0.39, 0.29) is 30.3 Å². The molecular weight excluding hydrogens is 276 g/mol. The van der Waals surface area contributed by atoms with Gasteiger partial charge in [-0.2, -0.15) is 0 Å². The first kappa shape index (κ1) is 19.7. The smallest absolute Gasteiger partial charge is 0.227 e. The van der Waals surface area contributed by atoms with Crippen molar-refractivity contribution < 1.29 is 9.90 Å². The quantitative estimate of drug-likeness (QED) is 0.674. The summed E-state index contributed by atoms with van der Waals surface area (Å²) in [7, 11) is 0. The van der Waals surface area contributed by atoms with Crippen LogP contribution in [0.15, 0.2) is 0 Å². The van der Waals surface area contributed by atoms with Gasteiger partial charge in [-0.25, -0.2) is 0 Å². The Labute approximate surface area is 129 Å². The minimum absolute atomic E-state index is 0. The number of aliphatic hydroxyl groups is 1. The lowest BCUT2D eigenvalue weighted by Gasteiger charge is -2.33. The molecule has 20 heavy (non-hydrogen) atoms. The molecule has 4 nitrogen and oxygen atoms in total. The molecule has 5 heteroatoms. The van der Waals surface area contributed by atoms with Crippen LogP contribution in [0.3, 0.4) is 0 Å². The number of aliphatic hydroxyl groups excluding tert-OH is 1. The Bertz CT molecular complexity index is 279. The van der Waals surface area contributed by atoms with Crippen LogP contribution in [-0.2, 0) is 4.79 Å². The second kappa shape index (κ2) is 9.59. The fraction of sp³-hybridized carbons (Fsp3) is 0.933. The van der Waals surface area contributed by atoms with Gasteiger partial charge < -0.3 is 15.7 Å². The Morgan fingerprint density at radius 2 is 2.15 bits per heavy atom. The zero-order chi connectivity index (χ0) is 14.3. The largest absolute Gasteiger partial charge is 0.396 e. The lowest BCUT2D eigenvalue weighted by molar-refractivity contribution is -0.131. The number of halogens is 1. The second-order valence-electron chi connectivity index (χ2n) is 6.56. The number of carbonyl (C=O) groups is 1. The van der Waals surface area contributed by atoms with Crippen molar-refractivity contribution in [1.29, 1.82) is 0 Å². The fourth-order valence-electron chi connectivity index (χ4n) is 2.85. The van der Waals surface area contributed by atoms with E-state index in [0.717, 1.165) is 38.8 Å². The van der Waals surface area contributed by atoms with Crippen LogP contribution in [0.2, 0.25) is 0 Å².